The number of hydrogen-bond donors (Lipinski definition) is 1. The molecule has 3 rings (SSSR count). The highest BCUT2D eigenvalue weighted by molar-refractivity contribution is 9.10. The van der Waals surface area contributed by atoms with Crippen LogP contribution in [0.25, 0.3) is 11.0 Å². The van der Waals surface area contributed by atoms with Crippen molar-refractivity contribution in [3.63, 3.8) is 0 Å². The Kier molecular flexibility index (Phi) is 3.84. The summed E-state index contributed by atoms with van der Waals surface area (Å²) in [7, 11) is 0. The number of anilines is 1. The number of nitrogens with zero attached hydrogens (tertiary/aromatic N) is 2. The van der Waals surface area contributed by atoms with Crippen LogP contribution in [-0.4, -0.2) is 9.97 Å². The van der Waals surface area contributed by atoms with Crippen LogP contribution < -0.4 is 5.32 Å². The third-order valence-electron chi connectivity index (χ3n) is 3.23. The van der Waals surface area contributed by atoms with E-state index in [2.05, 4.69) is 31.2 Å². The number of aryl methyl sites for hydroxylation is 1. The third-order valence-corrected chi connectivity index (χ3v) is 3.83. The lowest BCUT2D eigenvalue weighted by atomic mass is 10.2. The highest BCUT2D eigenvalue weighted by Crippen LogP contribution is 2.24. The molecule has 2 aromatic carbocycles. The van der Waals surface area contributed by atoms with Crippen LogP contribution in [-0.2, 0) is 6.54 Å². The summed E-state index contributed by atoms with van der Waals surface area (Å²) in [5.41, 5.74) is 4.27. The van der Waals surface area contributed by atoms with Gasteiger partial charge in [0.25, 0.3) is 0 Å². The Morgan fingerprint density at radius 3 is 2.76 bits per heavy atom. The Morgan fingerprint density at radius 2 is 1.95 bits per heavy atom. The van der Waals surface area contributed by atoms with Crippen molar-refractivity contribution >= 4 is 32.7 Å². The van der Waals surface area contributed by atoms with E-state index in [9.17, 15) is 4.39 Å². The summed E-state index contributed by atoms with van der Waals surface area (Å²) in [6.45, 7) is 2.43. The summed E-state index contributed by atoms with van der Waals surface area (Å²) in [5.74, 6) is -0.285. The molecule has 0 unspecified atom stereocenters. The maximum Gasteiger partial charge on any atom is 0.139 e. The largest absolute Gasteiger partial charge is 0.379 e. The normalized spacial score (nSPS) is 10.8. The molecule has 0 aliphatic rings. The maximum atomic E-state index is 13.6. The van der Waals surface area contributed by atoms with Crippen LogP contribution in [0.4, 0.5) is 10.1 Å². The zero-order valence-corrected chi connectivity index (χ0v) is 13.0. The first-order valence-corrected chi connectivity index (χ1v) is 7.33. The average molecular weight is 346 g/mol. The van der Waals surface area contributed by atoms with E-state index in [-0.39, 0.29) is 5.82 Å². The van der Waals surface area contributed by atoms with Crippen molar-refractivity contribution in [3.05, 3.63) is 64.1 Å². The summed E-state index contributed by atoms with van der Waals surface area (Å²) in [6, 6.07) is 11.0. The molecule has 0 bridgehead atoms. The molecule has 0 aliphatic carbocycles. The lowest BCUT2D eigenvalue weighted by Gasteiger charge is -2.10. The molecule has 0 aliphatic heterocycles. The van der Waals surface area contributed by atoms with E-state index in [4.69, 9.17) is 0 Å². The van der Waals surface area contributed by atoms with Gasteiger partial charge in [0.05, 0.1) is 33.9 Å². The van der Waals surface area contributed by atoms with E-state index in [1.54, 1.807) is 12.3 Å². The van der Waals surface area contributed by atoms with E-state index in [0.717, 1.165) is 28.0 Å². The van der Waals surface area contributed by atoms with Crippen LogP contribution in [0.3, 0.4) is 0 Å². The number of nitrogens with one attached hydrogen (secondary N) is 1. The number of fused-ring (bicyclic) bond motifs is 1. The van der Waals surface area contributed by atoms with Gasteiger partial charge in [0.1, 0.15) is 5.82 Å². The fraction of sp³-hybridized carbons (Fsp3) is 0.125. The predicted molar refractivity (Wildman–Crippen MR) is 85.7 cm³/mol. The summed E-state index contributed by atoms with van der Waals surface area (Å²) in [6.07, 6.45) is 1.74. The van der Waals surface area contributed by atoms with Crippen molar-refractivity contribution in [2.75, 3.05) is 5.32 Å². The van der Waals surface area contributed by atoms with Gasteiger partial charge in [-0.25, -0.2) is 9.37 Å². The SMILES string of the molecule is Cc1cc(Br)c(F)cc1NCc1cnc2ccccc2n1. The first-order valence-electron chi connectivity index (χ1n) is 6.53. The minimum absolute atomic E-state index is 0.285. The van der Waals surface area contributed by atoms with Crippen molar-refractivity contribution in [3.8, 4) is 0 Å². The minimum atomic E-state index is -0.285. The molecule has 1 aromatic heterocycles. The van der Waals surface area contributed by atoms with Crippen LogP contribution in [0.2, 0.25) is 0 Å². The lowest BCUT2D eigenvalue weighted by molar-refractivity contribution is 0.621. The standard InChI is InChI=1S/C16H13BrFN3/c1-10-6-12(17)13(18)7-16(10)20-9-11-8-19-14-4-2-3-5-15(14)21-11/h2-8,20H,9H2,1H3. The van der Waals surface area contributed by atoms with Crippen LogP contribution in [0.5, 0.6) is 0 Å². The van der Waals surface area contributed by atoms with Gasteiger partial charge >= 0.3 is 0 Å². The van der Waals surface area contributed by atoms with Crippen molar-refractivity contribution < 1.29 is 4.39 Å². The first kappa shape index (κ1) is 13.9. The number of para-hydroxylation sites is 2. The smallest absolute Gasteiger partial charge is 0.139 e. The molecule has 0 spiro atoms. The number of benzene rings is 2. The fourth-order valence-electron chi connectivity index (χ4n) is 2.10. The summed E-state index contributed by atoms with van der Waals surface area (Å²) in [5, 5.41) is 3.20. The first-order chi connectivity index (χ1) is 10.1. The Balaban J connectivity index is 1.81. The molecule has 106 valence electrons. The zero-order valence-electron chi connectivity index (χ0n) is 11.4. The second kappa shape index (κ2) is 5.77. The van der Waals surface area contributed by atoms with Gasteiger partial charge in [0.15, 0.2) is 0 Å². The van der Waals surface area contributed by atoms with Gasteiger partial charge in [0, 0.05) is 5.69 Å². The van der Waals surface area contributed by atoms with Crippen molar-refractivity contribution in [2.24, 2.45) is 0 Å². The summed E-state index contributed by atoms with van der Waals surface area (Å²) in [4.78, 5) is 8.90. The topological polar surface area (TPSA) is 37.8 Å². The number of aromatic nitrogens is 2. The van der Waals surface area contributed by atoms with Gasteiger partial charge in [-0.1, -0.05) is 12.1 Å². The van der Waals surface area contributed by atoms with Gasteiger partial charge in [0.2, 0.25) is 0 Å². The highest BCUT2D eigenvalue weighted by Gasteiger charge is 2.06. The molecule has 5 heteroatoms. The Hall–Kier alpha value is -2.01. The average Bonchev–Trinajstić information content (AvgIpc) is 2.49. The molecular weight excluding hydrogens is 333 g/mol. The molecule has 1 heterocycles. The number of halogens is 2. The molecule has 0 radical (unpaired) electrons. The third kappa shape index (κ3) is 3.03. The summed E-state index contributed by atoms with van der Waals surface area (Å²) >= 11 is 3.18. The Morgan fingerprint density at radius 1 is 1.19 bits per heavy atom. The molecule has 0 atom stereocenters. The van der Waals surface area contributed by atoms with Crippen LogP contribution in [0.1, 0.15) is 11.3 Å². The van der Waals surface area contributed by atoms with Gasteiger partial charge in [-0.3, -0.25) is 4.98 Å². The van der Waals surface area contributed by atoms with Crippen LogP contribution in [0, 0.1) is 12.7 Å². The highest BCUT2D eigenvalue weighted by atomic mass is 79.9. The van der Waals surface area contributed by atoms with Crippen LogP contribution in [0.15, 0.2) is 47.1 Å². The van der Waals surface area contributed by atoms with Crippen molar-refractivity contribution in [2.45, 2.75) is 13.5 Å². The fourth-order valence-corrected chi connectivity index (χ4v) is 2.56. The van der Waals surface area contributed by atoms with E-state index in [0.29, 0.717) is 11.0 Å². The zero-order chi connectivity index (χ0) is 14.8. The maximum absolute atomic E-state index is 13.6. The van der Waals surface area contributed by atoms with Crippen molar-refractivity contribution in [1.29, 1.82) is 0 Å². The molecule has 3 nitrogen and oxygen atoms in total. The minimum Gasteiger partial charge on any atom is -0.379 e. The molecule has 0 amide bonds. The molecular formula is C16H13BrFN3. The lowest BCUT2D eigenvalue weighted by Crippen LogP contribution is -2.04. The molecule has 0 fully saturated rings. The molecule has 21 heavy (non-hydrogen) atoms. The van der Waals surface area contributed by atoms with Crippen LogP contribution >= 0.6 is 15.9 Å². The van der Waals surface area contributed by atoms with E-state index in [1.165, 1.54) is 6.07 Å². The molecule has 0 saturated heterocycles. The molecule has 1 N–H and O–H groups in total. The van der Waals surface area contributed by atoms with Gasteiger partial charge in [-0.15, -0.1) is 0 Å². The quantitative estimate of drug-likeness (QED) is 0.761. The number of rotatable bonds is 3. The van der Waals surface area contributed by atoms with E-state index < -0.39 is 0 Å². The van der Waals surface area contributed by atoms with Gasteiger partial charge in [-0.2, -0.15) is 0 Å². The second-order valence-electron chi connectivity index (χ2n) is 4.78. The summed E-state index contributed by atoms with van der Waals surface area (Å²) < 4.78 is 14.0. The van der Waals surface area contributed by atoms with Gasteiger partial charge in [-0.05, 0) is 52.7 Å². The second-order valence-corrected chi connectivity index (χ2v) is 5.64. The Labute approximate surface area is 130 Å². The van der Waals surface area contributed by atoms with Crippen molar-refractivity contribution in [1.82, 2.24) is 9.97 Å². The predicted octanol–water partition coefficient (Wildman–Crippen LogP) is 4.45. The van der Waals surface area contributed by atoms with E-state index in [1.807, 2.05) is 31.2 Å². The molecule has 3 aromatic rings. The van der Waals surface area contributed by atoms with Gasteiger partial charge < -0.3 is 5.32 Å². The monoisotopic (exact) mass is 345 g/mol. The number of hydrogen-bond acceptors (Lipinski definition) is 3. The molecule has 0 saturated carbocycles. The Bertz CT molecular complexity index is 805. The van der Waals surface area contributed by atoms with E-state index >= 15 is 0 Å².